The highest BCUT2D eigenvalue weighted by molar-refractivity contribution is 5.97. The molecule has 1 aliphatic rings. The molecular weight excluding hydrogens is 272 g/mol. The van der Waals surface area contributed by atoms with Crippen LogP contribution in [0, 0.1) is 0 Å². The molecule has 21 heavy (non-hydrogen) atoms. The van der Waals surface area contributed by atoms with Gasteiger partial charge < -0.3 is 14.7 Å². The lowest BCUT2D eigenvalue weighted by molar-refractivity contribution is -0.141. The molecule has 0 radical (unpaired) electrons. The van der Waals surface area contributed by atoms with Crippen molar-refractivity contribution in [2.75, 3.05) is 6.54 Å². The van der Waals surface area contributed by atoms with Crippen LogP contribution in [0.2, 0.25) is 0 Å². The van der Waals surface area contributed by atoms with Crippen molar-refractivity contribution in [1.82, 2.24) is 9.88 Å². The van der Waals surface area contributed by atoms with Crippen molar-refractivity contribution < 1.29 is 19.4 Å². The third-order valence-electron chi connectivity index (χ3n) is 3.68. The molecule has 1 fully saturated rings. The number of aromatic nitrogens is 1. The van der Waals surface area contributed by atoms with E-state index < -0.39 is 12.0 Å². The van der Waals surface area contributed by atoms with Gasteiger partial charge in [-0.15, -0.1) is 0 Å². The number of rotatable bonds is 5. The van der Waals surface area contributed by atoms with Crippen LogP contribution >= 0.6 is 0 Å². The largest absolute Gasteiger partial charge is 0.480 e. The third kappa shape index (κ3) is 3.51. The highest BCUT2D eigenvalue weighted by Crippen LogP contribution is 2.21. The second kappa shape index (κ2) is 6.56. The molecule has 1 aromatic rings. The summed E-state index contributed by atoms with van der Waals surface area (Å²) >= 11 is 0. The zero-order valence-electron chi connectivity index (χ0n) is 12.3. The number of likely N-dealkylation sites (tertiary alicyclic amines) is 1. The van der Waals surface area contributed by atoms with E-state index in [4.69, 9.17) is 9.84 Å². The van der Waals surface area contributed by atoms with Crippen molar-refractivity contribution in [3.05, 3.63) is 23.9 Å². The summed E-state index contributed by atoms with van der Waals surface area (Å²) in [4.78, 5) is 29.1. The predicted molar refractivity (Wildman–Crippen MR) is 76.3 cm³/mol. The number of pyridine rings is 1. The number of carboxylic acid groups (broad SMARTS) is 1. The summed E-state index contributed by atoms with van der Waals surface area (Å²) in [7, 11) is 0. The lowest BCUT2D eigenvalue weighted by atomic mass is 10.2. The summed E-state index contributed by atoms with van der Waals surface area (Å²) < 4.78 is 5.59. The number of hydrogen-bond donors (Lipinski definition) is 1. The van der Waals surface area contributed by atoms with Crippen molar-refractivity contribution >= 4 is 11.9 Å². The minimum Gasteiger partial charge on any atom is -0.480 e. The highest BCUT2D eigenvalue weighted by atomic mass is 16.5. The normalized spacial score (nSPS) is 19.3. The monoisotopic (exact) mass is 292 g/mol. The van der Waals surface area contributed by atoms with E-state index in [0.717, 1.165) is 6.42 Å². The first-order valence-electron chi connectivity index (χ1n) is 7.19. The van der Waals surface area contributed by atoms with Gasteiger partial charge in [0.05, 0.1) is 6.10 Å². The maximum Gasteiger partial charge on any atom is 0.326 e. The maximum absolute atomic E-state index is 12.4. The molecule has 6 heteroatoms. The fourth-order valence-corrected chi connectivity index (χ4v) is 2.33. The first-order valence-corrected chi connectivity index (χ1v) is 7.19. The molecule has 1 amide bonds. The van der Waals surface area contributed by atoms with Gasteiger partial charge in [0.1, 0.15) is 6.04 Å². The van der Waals surface area contributed by atoms with Crippen LogP contribution in [0.4, 0.5) is 0 Å². The minimum absolute atomic E-state index is 0.0152. The van der Waals surface area contributed by atoms with Crippen LogP contribution in [-0.4, -0.2) is 45.6 Å². The zero-order chi connectivity index (χ0) is 15.4. The number of amides is 1. The van der Waals surface area contributed by atoms with Crippen LogP contribution < -0.4 is 4.74 Å². The van der Waals surface area contributed by atoms with E-state index in [1.807, 2.05) is 13.8 Å². The van der Waals surface area contributed by atoms with Gasteiger partial charge in [0.15, 0.2) is 0 Å². The third-order valence-corrected chi connectivity index (χ3v) is 3.68. The van der Waals surface area contributed by atoms with Crippen LogP contribution in [-0.2, 0) is 4.79 Å². The van der Waals surface area contributed by atoms with E-state index in [0.29, 0.717) is 30.8 Å². The van der Waals surface area contributed by atoms with Gasteiger partial charge in [-0.1, -0.05) is 6.92 Å². The average molecular weight is 292 g/mol. The van der Waals surface area contributed by atoms with Crippen LogP contribution in [0.5, 0.6) is 5.88 Å². The summed E-state index contributed by atoms with van der Waals surface area (Å²) in [5.74, 6) is -0.844. The first-order chi connectivity index (χ1) is 10.0. The summed E-state index contributed by atoms with van der Waals surface area (Å²) in [6.07, 6.45) is 3.58. The van der Waals surface area contributed by atoms with E-state index in [9.17, 15) is 9.59 Å². The van der Waals surface area contributed by atoms with Crippen molar-refractivity contribution in [2.45, 2.75) is 45.3 Å². The Balaban J connectivity index is 2.15. The van der Waals surface area contributed by atoms with Gasteiger partial charge in [-0.05, 0) is 32.3 Å². The molecule has 2 heterocycles. The van der Waals surface area contributed by atoms with Crippen molar-refractivity contribution in [3.8, 4) is 5.88 Å². The van der Waals surface area contributed by atoms with Gasteiger partial charge in [-0.2, -0.15) is 0 Å². The fourth-order valence-electron chi connectivity index (χ4n) is 2.33. The Hall–Kier alpha value is -2.11. The second-order valence-electron chi connectivity index (χ2n) is 5.21. The molecule has 2 atom stereocenters. The molecule has 0 spiro atoms. The molecule has 114 valence electrons. The number of ether oxygens (including phenoxy) is 1. The number of carboxylic acids is 1. The molecule has 2 rings (SSSR count). The Morgan fingerprint density at radius 3 is 3.00 bits per heavy atom. The van der Waals surface area contributed by atoms with Crippen LogP contribution in [0.25, 0.3) is 0 Å². The minimum atomic E-state index is -0.953. The molecule has 0 aromatic carbocycles. The Kier molecular flexibility index (Phi) is 4.77. The number of aliphatic carboxylic acids is 1. The lowest BCUT2D eigenvalue weighted by Crippen LogP contribution is -2.40. The number of carbonyl (C=O) groups excluding carboxylic acids is 1. The maximum atomic E-state index is 12.4. The molecule has 0 bridgehead atoms. The molecule has 0 aliphatic carbocycles. The SMILES string of the molecule is CCC(C)Oc1cc(C(=O)N2CCCC2C(=O)O)ccn1. The van der Waals surface area contributed by atoms with Crippen molar-refractivity contribution in [1.29, 1.82) is 0 Å². The second-order valence-corrected chi connectivity index (χ2v) is 5.21. The standard InChI is InChI=1S/C15H20N2O4/c1-3-10(2)21-13-9-11(6-7-16-13)14(18)17-8-4-5-12(17)15(19)20/h6-7,9-10,12H,3-5,8H2,1-2H3,(H,19,20). The van der Waals surface area contributed by atoms with Crippen molar-refractivity contribution in [2.24, 2.45) is 0 Å². The molecule has 2 unspecified atom stereocenters. The molecule has 6 nitrogen and oxygen atoms in total. The van der Waals surface area contributed by atoms with E-state index in [-0.39, 0.29) is 12.0 Å². The fraction of sp³-hybridized carbons (Fsp3) is 0.533. The topological polar surface area (TPSA) is 79.7 Å². The van der Waals surface area contributed by atoms with Gasteiger partial charge in [-0.3, -0.25) is 4.79 Å². The quantitative estimate of drug-likeness (QED) is 0.897. The van der Waals surface area contributed by atoms with E-state index in [2.05, 4.69) is 4.98 Å². The molecule has 1 aromatic heterocycles. The first kappa shape index (κ1) is 15.3. The number of hydrogen-bond acceptors (Lipinski definition) is 4. The summed E-state index contributed by atoms with van der Waals surface area (Å²) in [5.41, 5.74) is 0.413. The van der Waals surface area contributed by atoms with Crippen molar-refractivity contribution in [3.63, 3.8) is 0 Å². The van der Waals surface area contributed by atoms with E-state index in [1.165, 1.54) is 11.1 Å². The number of nitrogens with zero attached hydrogens (tertiary/aromatic N) is 2. The summed E-state index contributed by atoms with van der Waals surface area (Å²) in [5, 5.41) is 9.15. The van der Waals surface area contributed by atoms with E-state index >= 15 is 0 Å². The van der Waals surface area contributed by atoms with Gasteiger partial charge >= 0.3 is 5.97 Å². The molecule has 1 saturated heterocycles. The Morgan fingerprint density at radius 2 is 2.33 bits per heavy atom. The Labute approximate surface area is 123 Å². The molecule has 1 N–H and O–H groups in total. The van der Waals surface area contributed by atoms with Gasteiger partial charge in [-0.25, -0.2) is 9.78 Å². The highest BCUT2D eigenvalue weighted by Gasteiger charge is 2.34. The van der Waals surface area contributed by atoms with E-state index in [1.54, 1.807) is 12.1 Å². The average Bonchev–Trinajstić information content (AvgIpc) is 2.96. The summed E-state index contributed by atoms with van der Waals surface area (Å²) in [6.45, 7) is 4.40. The Bertz CT molecular complexity index is 532. The van der Waals surface area contributed by atoms with Gasteiger partial charge in [0.25, 0.3) is 5.91 Å². The Morgan fingerprint density at radius 1 is 1.57 bits per heavy atom. The van der Waals surface area contributed by atoms with Gasteiger partial charge in [0, 0.05) is 24.4 Å². The predicted octanol–water partition coefficient (Wildman–Crippen LogP) is 1.95. The zero-order valence-corrected chi connectivity index (χ0v) is 12.3. The lowest BCUT2D eigenvalue weighted by Gasteiger charge is -2.21. The van der Waals surface area contributed by atoms with Crippen LogP contribution in [0.15, 0.2) is 18.3 Å². The van der Waals surface area contributed by atoms with Crippen LogP contribution in [0.1, 0.15) is 43.5 Å². The number of carbonyl (C=O) groups is 2. The molecule has 0 saturated carbocycles. The van der Waals surface area contributed by atoms with Gasteiger partial charge in [0.2, 0.25) is 5.88 Å². The smallest absolute Gasteiger partial charge is 0.326 e. The van der Waals surface area contributed by atoms with Crippen LogP contribution in [0.3, 0.4) is 0 Å². The molecular formula is C15H20N2O4. The molecule has 1 aliphatic heterocycles. The summed E-state index contributed by atoms with van der Waals surface area (Å²) in [6, 6.07) is 2.43.